The molecule has 3 aromatic rings. The third-order valence-corrected chi connectivity index (χ3v) is 4.85. The highest BCUT2D eigenvalue weighted by atomic mass is 15.3. The second kappa shape index (κ2) is 5.91. The van der Waals surface area contributed by atoms with Crippen LogP contribution in [0.25, 0.3) is 22.3 Å². The van der Waals surface area contributed by atoms with Crippen molar-refractivity contribution >= 4 is 16.9 Å². The fourth-order valence-corrected chi connectivity index (χ4v) is 3.47. The minimum Gasteiger partial charge on any atom is -0.353 e. The van der Waals surface area contributed by atoms with E-state index in [0.29, 0.717) is 6.04 Å². The Morgan fingerprint density at radius 2 is 1.96 bits per heavy atom. The SMILES string of the molecule is Cc1nc(N2CCC(N(C)C)C2)c2[nH]c(-c3ccccc3)cc2n1. The molecule has 4 rings (SSSR count). The first-order valence-corrected chi connectivity index (χ1v) is 8.46. The van der Waals surface area contributed by atoms with E-state index in [4.69, 9.17) is 4.98 Å². The number of H-pyrrole nitrogens is 1. The van der Waals surface area contributed by atoms with Gasteiger partial charge in [0, 0.05) is 24.8 Å². The number of hydrogen-bond donors (Lipinski definition) is 1. The average molecular weight is 321 g/mol. The predicted molar refractivity (Wildman–Crippen MR) is 98.4 cm³/mol. The van der Waals surface area contributed by atoms with Crippen LogP contribution in [0.15, 0.2) is 36.4 Å². The number of nitrogens with zero attached hydrogens (tertiary/aromatic N) is 4. The van der Waals surface area contributed by atoms with Gasteiger partial charge in [0.1, 0.15) is 11.3 Å². The molecule has 24 heavy (non-hydrogen) atoms. The van der Waals surface area contributed by atoms with Crippen molar-refractivity contribution in [2.24, 2.45) is 0 Å². The number of aromatic amines is 1. The molecule has 0 amide bonds. The van der Waals surface area contributed by atoms with E-state index < -0.39 is 0 Å². The van der Waals surface area contributed by atoms with Gasteiger partial charge in [-0.25, -0.2) is 9.97 Å². The van der Waals surface area contributed by atoms with E-state index in [9.17, 15) is 0 Å². The minimum absolute atomic E-state index is 0.582. The first kappa shape index (κ1) is 15.1. The summed E-state index contributed by atoms with van der Waals surface area (Å²) in [4.78, 5) is 17.6. The number of hydrogen-bond acceptors (Lipinski definition) is 4. The van der Waals surface area contributed by atoms with Crippen molar-refractivity contribution < 1.29 is 0 Å². The van der Waals surface area contributed by atoms with Gasteiger partial charge in [0.2, 0.25) is 0 Å². The maximum Gasteiger partial charge on any atom is 0.156 e. The Labute approximate surface area is 142 Å². The van der Waals surface area contributed by atoms with Gasteiger partial charge in [0.25, 0.3) is 0 Å². The average Bonchev–Trinajstić information content (AvgIpc) is 3.22. The molecule has 1 atom stereocenters. The fourth-order valence-electron chi connectivity index (χ4n) is 3.47. The summed E-state index contributed by atoms with van der Waals surface area (Å²) in [6, 6.07) is 13.1. The molecule has 1 fully saturated rings. The van der Waals surface area contributed by atoms with Gasteiger partial charge in [-0.15, -0.1) is 0 Å². The van der Waals surface area contributed by atoms with Crippen LogP contribution in [0.2, 0.25) is 0 Å². The third-order valence-electron chi connectivity index (χ3n) is 4.85. The number of nitrogens with one attached hydrogen (secondary N) is 1. The lowest BCUT2D eigenvalue weighted by atomic mass is 10.2. The van der Waals surface area contributed by atoms with Crippen LogP contribution < -0.4 is 4.90 Å². The first-order valence-electron chi connectivity index (χ1n) is 8.46. The molecule has 3 heterocycles. The highest BCUT2D eigenvalue weighted by Crippen LogP contribution is 2.30. The Kier molecular flexibility index (Phi) is 3.73. The maximum atomic E-state index is 4.75. The number of aromatic nitrogens is 3. The zero-order valence-electron chi connectivity index (χ0n) is 14.5. The van der Waals surface area contributed by atoms with Crippen molar-refractivity contribution in [3.8, 4) is 11.3 Å². The van der Waals surface area contributed by atoms with Crippen LogP contribution in [0.1, 0.15) is 12.2 Å². The van der Waals surface area contributed by atoms with Crippen molar-refractivity contribution in [1.82, 2.24) is 19.9 Å². The van der Waals surface area contributed by atoms with Gasteiger partial charge in [-0.1, -0.05) is 30.3 Å². The van der Waals surface area contributed by atoms with Crippen LogP contribution in [-0.4, -0.2) is 53.1 Å². The summed E-state index contributed by atoms with van der Waals surface area (Å²) in [6.45, 7) is 4.02. The molecule has 1 aliphatic rings. The summed E-state index contributed by atoms with van der Waals surface area (Å²) in [7, 11) is 4.30. The Bertz CT molecular complexity index is 853. The first-order chi connectivity index (χ1) is 11.6. The standard InChI is InChI=1S/C19H23N5/c1-13-20-17-11-16(14-7-5-4-6-8-14)22-18(17)19(21-13)24-10-9-15(12-24)23(2)3/h4-8,11,15,22H,9-10,12H2,1-3H3. The Morgan fingerprint density at radius 1 is 1.17 bits per heavy atom. The van der Waals surface area contributed by atoms with E-state index in [1.54, 1.807) is 0 Å². The van der Waals surface area contributed by atoms with Crippen LogP contribution >= 0.6 is 0 Å². The van der Waals surface area contributed by atoms with Gasteiger partial charge in [-0.2, -0.15) is 0 Å². The molecule has 0 aliphatic carbocycles. The zero-order valence-corrected chi connectivity index (χ0v) is 14.5. The van der Waals surface area contributed by atoms with Crippen molar-refractivity contribution in [1.29, 1.82) is 0 Å². The minimum atomic E-state index is 0.582. The largest absolute Gasteiger partial charge is 0.353 e. The predicted octanol–water partition coefficient (Wildman–Crippen LogP) is 3.07. The molecule has 1 N–H and O–H groups in total. The van der Waals surface area contributed by atoms with Crippen LogP contribution in [0.4, 0.5) is 5.82 Å². The van der Waals surface area contributed by atoms with E-state index in [1.165, 1.54) is 12.0 Å². The topological polar surface area (TPSA) is 48.1 Å². The van der Waals surface area contributed by atoms with Gasteiger partial charge in [0.15, 0.2) is 5.82 Å². The Morgan fingerprint density at radius 3 is 2.67 bits per heavy atom. The van der Waals surface area contributed by atoms with Gasteiger partial charge in [-0.05, 0) is 39.1 Å². The summed E-state index contributed by atoms with van der Waals surface area (Å²) >= 11 is 0. The van der Waals surface area contributed by atoms with E-state index in [-0.39, 0.29) is 0 Å². The normalized spacial score (nSPS) is 18.0. The number of benzene rings is 1. The van der Waals surface area contributed by atoms with Crippen molar-refractivity contribution in [3.63, 3.8) is 0 Å². The van der Waals surface area contributed by atoms with Crippen LogP contribution in [0.3, 0.4) is 0 Å². The van der Waals surface area contributed by atoms with Gasteiger partial charge in [0.05, 0.1) is 5.52 Å². The van der Waals surface area contributed by atoms with E-state index in [2.05, 4.69) is 64.2 Å². The quantitative estimate of drug-likeness (QED) is 0.805. The van der Waals surface area contributed by atoms with Crippen molar-refractivity contribution in [2.75, 3.05) is 32.1 Å². The van der Waals surface area contributed by atoms with E-state index in [1.807, 2.05) is 13.0 Å². The second-order valence-corrected chi connectivity index (χ2v) is 6.76. The second-order valence-electron chi connectivity index (χ2n) is 6.76. The summed E-state index contributed by atoms with van der Waals surface area (Å²) in [6.07, 6.45) is 1.17. The molecule has 5 nitrogen and oxygen atoms in total. The number of likely N-dealkylation sites (N-methyl/N-ethyl adjacent to an activating group) is 1. The summed E-state index contributed by atoms with van der Waals surface area (Å²) in [5.74, 6) is 1.86. The summed E-state index contributed by atoms with van der Waals surface area (Å²) < 4.78 is 0. The lowest BCUT2D eigenvalue weighted by Crippen LogP contribution is -2.31. The molecule has 1 aliphatic heterocycles. The molecule has 0 radical (unpaired) electrons. The van der Waals surface area contributed by atoms with E-state index in [0.717, 1.165) is 41.5 Å². The third kappa shape index (κ3) is 2.65. The van der Waals surface area contributed by atoms with Crippen molar-refractivity contribution in [3.05, 3.63) is 42.2 Å². The van der Waals surface area contributed by atoms with Gasteiger partial charge in [-0.3, -0.25) is 0 Å². The van der Waals surface area contributed by atoms with Crippen LogP contribution in [-0.2, 0) is 0 Å². The molecule has 5 heteroatoms. The van der Waals surface area contributed by atoms with Gasteiger partial charge >= 0.3 is 0 Å². The smallest absolute Gasteiger partial charge is 0.156 e. The molecule has 0 bridgehead atoms. The maximum absolute atomic E-state index is 4.75. The summed E-state index contributed by atoms with van der Waals surface area (Å²) in [5.41, 5.74) is 4.30. The van der Waals surface area contributed by atoms with Crippen LogP contribution in [0, 0.1) is 6.92 Å². The van der Waals surface area contributed by atoms with Crippen molar-refractivity contribution in [2.45, 2.75) is 19.4 Å². The molecule has 0 spiro atoms. The molecule has 1 unspecified atom stereocenters. The van der Waals surface area contributed by atoms with E-state index >= 15 is 0 Å². The number of aryl methyl sites for hydroxylation is 1. The molecular weight excluding hydrogens is 298 g/mol. The zero-order chi connectivity index (χ0) is 16.7. The highest BCUT2D eigenvalue weighted by Gasteiger charge is 2.27. The number of anilines is 1. The molecule has 1 aromatic carbocycles. The molecule has 0 saturated carbocycles. The highest BCUT2D eigenvalue weighted by molar-refractivity contribution is 5.91. The number of rotatable bonds is 3. The molecule has 124 valence electrons. The molecular formula is C19H23N5. The van der Waals surface area contributed by atoms with Crippen LogP contribution in [0.5, 0.6) is 0 Å². The number of fused-ring (bicyclic) bond motifs is 1. The van der Waals surface area contributed by atoms with Gasteiger partial charge < -0.3 is 14.8 Å². The lowest BCUT2D eigenvalue weighted by Gasteiger charge is -2.21. The summed E-state index contributed by atoms with van der Waals surface area (Å²) in [5, 5.41) is 0. The molecule has 2 aromatic heterocycles. The lowest BCUT2D eigenvalue weighted by molar-refractivity contribution is 0.315. The molecule has 1 saturated heterocycles. The Hall–Kier alpha value is -2.40. The Balaban J connectivity index is 1.77. The fraction of sp³-hybridized carbons (Fsp3) is 0.368. The monoisotopic (exact) mass is 321 g/mol.